The van der Waals surface area contributed by atoms with Crippen molar-refractivity contribution in [1.82, 2.24) is 67.1 Å². The van der Waals surface area contributed by atoms with Crippen molar-refractivity contribution in [2.45, 2.75) is 113 Å². The van der Waals surface area contributed by atoms with E-state index in [1.54, 1.807) is 72.1 Å². The summed E-state index contributed by atoms with van der Waals surface area (Å²) in [6.07, 6.45) is 12.0. The van der Waals surface area contributed by atoms with Crippen molar-refractivity contribution in [3.8, 4) is 0 Å². The average Bonchev–Trinajstić information content (AvgIpc) is 3.35. The predicted molar refractivity (Wildman–Crippen MR) is 292 cm³/mol. The Kier molecular flexibility index (Phi) is 38.4. The number of nitrogens with one attached hydrogen (secondary N) is 8. The van der Waals surface area contributed by atoms with Crippen molar-refractivity contribution >= 4 is 75.1 Å². The monoisotopic (exact) mass is 1080 g/mol. The summed E-state index contributed by atoms with van der Waals surface area (Å²) in [4.78, 5) is 125. The Morgan fingerprint density at radius 3 is 1.89 bits per heavy atom. The van der Waals surface area contributed by atoms with Crippen molar-refractivity contribution < 1.29 is 43.2 Å². The van der Waals surface area contributed by atoms with Crippen LogP contribution in [0.2, 0.25) is 0 Å². The molecule has 0 aromatic carbocycles. The molecule has 0 saturated carbocycles. The van der Waals surface area contributed by atoms with E-state index in [1.165, 1.54) is 15.7 Å². The number of aromatic nitrogens is 1. The van der Waals surface area contributed by atoms with Gasteiger partial charge >= 0.3 is 0 Å². The van der Waals surface area contributed by atoms with Crippen LogP contribution in [-0.2, 0) is 38.4 Å². The third kappa shape index (κ3) is 32.4. The van der Waals surface area contributed by atoms with Crippen LogP contribution < -0.4 is 42.5 Å². The Labute approximate surface area is 448 Å². The number of pyridine rings is 1. The lowest BCUT2D eigenvalue weighted by atomic mass is 10.1. The molecule has 0 radical (unpaired) electrons. The van der Waals surface area contributed by atoms with Crippen LogP contribution in [0.1, 0.15) is 107 Å². The number of hydrogen-bond acceptors (Lipinski definition) is 16. The minimum Gasteiger partial charge on any atom is -0.356 e. The van der Waals surface area contributed by atoms with Crippen LogP contribution in [0.4, 0.5) is 0 Å². The quantitative estimate of drug-likeness (QED) is 0.0255. The number of nitrogens with zero attached hydrogens (tertiary/aromatic N) is 5. The van der Waals surface area contributed by atoms with Gasteiger partial charge in [-0.25, -0.2) is 0 Å². The lowest BCUT2D eigenvalue weighted by Crippen LogP contribution is -2.49. The zero-order valence-corrected chi connectivity index (χ0v) is 46.9. The minimum absolute atomic E-state index is 0.0356. The highest BCUT2D eigenvalue weighted by atomic mass is 33.1. The molecule has 1 heterocycles. The van der Waals surface area contributed by atoms with Gasteiger partial charge in [-0.2, -0.15) is 0 Å². The zero-order chi connectivity index (χ0) is 54.9. The van der Waals surface area contributed by atoms with E-state index in [4.69, 9.17) is 0 Å². The highest BCUT2D eigenvalue weighted by molar-refractivity contribution is 8.76. The second kappa shape index (κ2) is 42.4. The van der Waals surface area contributed by atoms with Gasteiger partial charge in [-0.05, 0) is 119 Å². The molecule has 8 amide bonds. The number of rotatable bonds is 44. The lowest BCUT2D eigenvalue weighted by molar-refractivity contribution is -0.139. The Morgan fingerprint density at radius 2 is 1.22 bits per heavy atom. The fourth-order valence-corrected chi connectivity index (χ4v) is 9.66. The molecular weight excluding hydrogens is 991 g/mol. The van der Waals surface area contributed by atoms with Gasteiger partial charge < -0.3 is 66.9 Å². The molecule has 24 heteroatoms. The third-order valence-corrected chi connectivity index (χ3v) is 13.8. The van der Waals surface area contributed by atoms with Crippen molar-refractivity contribution in [1.29, 1.82) is 0 Å². The summed E-state index contributed by atoms with van der Waals surface area (Å²) < 4.78 is 0. The van der Waals surface area contributed by atoms with Crippen molar-refractivity contribution in [3.05, 3.63) is 24.0 Å². The van der Waals surface area contributed by atoms with Gasteiger partial charge in [0.25, 0.3) is 5.91 Å². The normalized spacial score (nSPS) is 11.9. The molecule has 420 valence electrons. The number of amides is 8. The summed E-state index contributed by atoms with van der Waals surface area (Å²) in [7, 11) is 15.3. The third-order valence-electron chi connectivity index (χ3n) is 11.3. The van der Waals surface area contributed by atoms with E-state index in [9.17, 15) is 43.2 Å². The van der Waals surface area contributed by atoms with E-state index >= 15 is 0 Å². The number of likely N-dealkylation sites (N-methyl/N-ethyl adjacent to an activating group) is 4. The van der Waals surface area contributed by atoms with E-state index in [0.717, 1.165) is 49.3 Å². The van der Waals surface area contributed by atoms with Crippen molar-refractivity contribution in [2.24, 2.45) is 0 Å². The molecular formula is C50H89N13O9S2. The largest absolute Gasteiger partial charge is 0.356 e. The van der Waals surface area contributed by atoms with E-state index in [0.29, 0.717) is 109 Å². The van der Waals surface area contributed by atoms with Gasteiger partial charge in [0.15, 0.2) is 0 Å². The number of unbranched alkanes of at least 4 members (excludes halogenated alkanes) is 5. The van der Waals surface area contributed by atoms with Gasteiger partial charge in [0.05, 0.1) is 25.2 Å². The maximum absolute atomic E-state index is 14.3. The molecule has 0 aliphatic rings. The minimum atomic E-state index is -0.854. The Bertz CT molecular complexity index is 1830. The van der Waals surface area contributed by atoms with E-state index < -0.39 is 12.1 Å². The maximum Gasteiger partial charge on any atom is 0.256 e. The first kappa shape index (κ1) is 67.1. The van der Waals surface area contributed by atoms with Gasteiger partial charge in [0.1, 0.15) is 18.4 Å². The SMILES string of the molecule is CNCCCNC(=O)[C@H](CC=O)N(C)C(=O)CCCCCSSc1ccncc1C(=O)N(CCCNC(=O)CCCCCNC(=O)CN(C)C)CCCNC(=O)[C@H](CCCCNC(=O)CNC)NC(=O)CN(C)C. The Morgan fingerprint density at radius 1 is 0.622 bits per heavy atom. The molecule has 22 nitrogen and oxygen atoms in total. The van der Waals surface area contributed by atoms with E-state index in [1.807, 2.05) is 21.1 Å². The summed E-state index contributed by atoms with van der Waals surface area (Å²) in [5.74, 6) is -0.923. The van der Waals surface area contributed by atoms with Crippen LogP contribution in [0.3, 0.4) is 0 Å². The van der Waals surface area contributed by atoms with Crippen LogP contribution >= 0.6 is 21.6 Å². The van der Waals surface area contributed by atoms with Crippen LogP contribution in [-0.4, -0.2) is 217 Å². The molecule has 2 atom stereocenters. The molecule has 1 rings (SSSR count). The Balaban J connectivity index is 2.91. The Hall–Kier alpha value is -4.88. The average molecular weight is 1080 g/mol. The molecule has 8 N–H and O–H groups in total. The number of carbonyl (C=O) groups is 9. The molecule has 0 fully saturated rings. The molecule has 0 unspecified atom stereocenters. The van der Waals surface area contributed by atoms with Crippen LogP contribution in [0.25, 0.3) is 0 Å². The second-order valence-corrected chi connectivity index (χ2v) is 21.0. The van der Waals surface area contributed by atoms with Gasteiger partial charge in [-0.1, -0.05) is 34.4 Å². The summed E-state index contributed by atoms with van der Waals surface area (Å²) in [6.45, 7) is 4.02. The molecule has 74 heavy (non-hydrogen) atoms. The summed E-state index contributed by atoms with van der Waals surface area (Å²) in [5, 5.41) is 23.1. The standard InChI is InChI=1S/C50H89N13O9S2/c1-51-24-16-27-58-49(71)41(23-33-64)62(7)47(69)21-11-9-15-34-73-74-42-22-30-53-35-39(42)50(72)63(31-17-28-54-43(65)20-10-8-13-25-56-45(67)37-60(3)4)32-18-29-57-48(70)40(59-46(68)38-61(5)6)19-12-14-26-55-44(66)36-52-2/h22,30,33,35,40-41,51-52H,8-21,23-29,31-32,34,36-38H2,1-7H3,(H,54,65)(H,55,66)(H,56,67)(H,57,70)(H,58,71)(H,59,68)/t40-,41-/m0/s1. The van der Waals surface area contributed by atoms with Crippen molar-refractivity contribution in [2.75, 3.05) is 127 Å². The molecule has 0 aliphatic carbocycles. The van der Waals surface area contributed by atoms with E-state index in [2.05, 4.69) is 47.5 Å². The second-order valence-electron chi connectivity index (χ2n) is 18.5. The van der Waals surface area contributed by atoms with Gasteiger partial charge in [-0.15, -0.1) is 0 Å². The summed E-state index contributed by atoms with van der Waals surface area (Å²) in [5.41, 5.74) is 0.423. The number of hydrogen-bond donors (Lipinski definition) is 8. The molecule has 1 aromatic rings. The first-order valence-electron chi connectivity index (χ1n) is 26.0. The number of carbonyl (C=O) groups excluding carboxylic acids is 9. The van der Waals surface area contributed by atoms with Gasteiger partial charge in [0, 0.05) is 95.2 Å². The van der Waals surface area contributed by atoms with Crippen molar-refractivity contribution in [3.63, 3.8) is 0 Å². The predicted octanol–water partition coefficient (Wildman–Crippen LogP) is 0.769. The molecule has 0 aliphatic heterocycles. The molecule has 0 bridgehead atoms. The van der Waals surface area contributed by atoms with Gasteiger partial charge in [-0.3, -0.25) is 43.3 Å². The lowest BCUT2D eigenvalue weighted by Gasteiger charge is -2.26. The summed E-state index contributed by atoms with van der Waals surface area (Å²) >= 11 is 0. The fourth-order valence-electron chi connectivity index (χ4n) is 7.37. The molecule has 1 aromatic heterocycles. The maximum atomic E-state index is 14.3. The smallest absolute Gasteiger partial charge is 0.256 e. The van der Waals surface area contributed by atoms with Gasteiger partial charge in [0.2, 0.25) is 41.4 Å². The molecule has 0 saturated heterocycles. The molecule has 0 spiro atoms. The summed E-state index contributed by atoms with van der Waals surface area (Å²) in [6, 6.07) is 0.156. The topological polar surface area (TPSA) is 276 Å². The highest BCUT2D eigenvalue weighted by Crippen LogP contribution is 2.34. The first-order chi connectivity index (χ1) is 35.5. The first-order valence-corrected chi connectivity index (χ1v) is 28.3. The van der Waals surface area contributed by atoms with Crippen LogP contribution in [0.5, 0.6) is 0 Å². The fraction of sp³-hybridized carbons (Fsp3) is 0.720. The van der Waals surface area contributed by atoms with Crippen LogP contribution in [0.15, 0.2) is 23.4 Å². The highest BCUT2D eigenvalue weighted by Gasteiger charge is 2.26. The van der Waals surface area contributed by atoms with E-state index in [-0.39, 0.29) is 79.7 Å². The van der Waals surface area contributed by atoms with Crippen LogP contribution in [0, 0.1) is 0 Å². The number of aldehydes is 1. The zero-order valence-electron chi connectivity index (χ0n) is 45.3.